The molecule has 516 valence electrons. The maximum absolute atomic E-state index is 12.3. The van der Waals surface area contributed by atoms with Crippen LogP contribution in [-0.4, -0.2) is 190 Å². The van der Waals surface area contributed by atoms with Crippen molar-refractivity contribution in [3.05, 3.63) is 136 Å². The number of fused-ring (bicyclic) bond motifs is 4. The van der Waals surface area contributed by atoms with Crippen LogP contribution in [0.15, 0.2) is 86.2 Å². The maximum atomic E-state index is 12.3. The van der Waals surface area contributed by atoms with E-state index in [0.29, 0.717) is 31.1 Å². The number of rotatable bonds is 14. The van der Waals surface area contributed by atoms with Crippen molar-refractivity contribution in [2.24, 2.45) is 0 Å². The van der Waals surface area contributed by atoms with Gasteiger partial charge in [-0.05, 0) is 213 Å². The van der Waals surface area contributed by atoms with Crippen molar-refractivity contribution in [3.8, 4) is 0 Å². The van der Waals surface area contributed by atoms with E-state index in [4.69, 9.17) is 30.4 Å². The van der Waals surface area contributed by atoms with Crippen molar-refractivity contribution in [3.63, 3.8) is 0 Å². The molecule has 4 saturated heterocycles. The molecule has 4 aliphatic rings. The summed E-state index contributed by atoms with van der Waals surface area (Å²) in [6.07, 6.45) is 15.1. The van der Waals surface area contributed by atoms with E-state index in [1.54, 1.807) is 39.2 Å². The second-order valence-electron chi connectivity index (χ2n) is 25.1. The van der Waals surface area contributed by atoms with Gasteiger partial charge in [-0.15, -0.1) is 0 Å². The lowest BCUT2D eigenvalue weighted by atomic mass is 10.1. The van der Waals surface area contributed by atoms with Gasteiger partial charge < -0.3 is 38.9 Å². The van der Waals surface area contributed by atoms with Crippen LogP contribution in [0.4, 0.5) is 17.5 Å². The van der Waals surface area contributed by atoms with Crippen molar-refractivity contribution in [1.29, 1.82) is 0 Å². The van der Waals surface area contributed by atoms with E-state index in [1.807, 2.05) is 19.1 Å². The fourth-order valence-corrected chi connectivity index (χ4v) is 14.1. The summed E-state index contributed by atoms with van der Waals surface area (Å²) in [5.74, 6) is 4.44. The molecular weight excluding hydrogens is 1280 g/mol. The molecule has 4 aliphatic heterocycles. The summed E-state index contributed by atoms with van der Waals surface area (Å²) in [7, 11) is -8.79. The number of piperidine rings is 2. The van der Waals surface area contributed by atoms with Gasteiger partial charge in [0.1, 0.15) is 47.9 Å². The molecule has 95 heavy (non-hydrogen) atoms. The molecule has 4 fully saturated rings. The SMILES string of the molecule is C1CCNCC1.C=CP(C)(=O)OCC.CCOP(C)(=O)CCN1CCN(c2ncnc3cc(C)c(C)cc23)CC1.Cc1cc2ncnc(Cl)c2cc1C.Cc1cc2ncnc(N3CCCCC3)c2cc1C.Cc1cc2ncnc(N3CCN(CCP(=O)(O)O)CC3)c2cc1C. The number of aromatic nitrogens is 8. The third-order valence-electron chi connectivity index (χ3n) is 17.7. The van der Waals surface area contributed by atoms with Gasteiger partial charge in [-0.1, -0.05) is 24.6 Å². The monoisotopic (exact) mass is 1380 g/mol. The molecule has 21 nitrogen and oxygen atoms in total. The number of piperazine rings is 2. The number of halogens is 1. The molecule has 4 aromatic heterocycles. The third kappa shape index (κ3) is 23.4. The molecule has 0 amide bonds. The Kier molecular flexibility index (Phi) is 29.5. The highest BCUT2D eigenvalue weighted by Crippen LogP contribution is 2.43. The van der Waals surface area contributed by atoms with E-state index >= 15 is 0 Å². The summed E-state index contributed by atoms with van der Waals surface area (Å²) in [5, 5.41) is 8.11. The second-order valence-corrected chi connectivity index (χ2v) is 32.4. The molecule has 0 spiro atoms. The fourth-order valence-electron chi connectivity index (χ4n) is 11.5. The lowest BCUT2D eigenvalue weighted by Crippen LogP contribution is -2.47. The van der Waals surface area contributed by atoms with Gasteiger partial charge in [-0.3, -0.25) is 23.5 Å². The Morgan fingerprint density at radius 1 is 0.463 bits per heavy atom. The standard InChI is InChI=1S/C19H29N4O2P.C16H23N4O3P.C15H19N3.C10H9ClN2.C5H11N.C5H11O2P/c1-5-25-26(4,24)11-10-22-6-8-23(9-7-22)19-17-12-15(2)16(3)13-18(17)20-14-21-19;1-12-9-14-15(10-13(12)2)17-11-18-16(14)20-5-3-19(4-6-20)7-8-24(21,22)23;1-11-8-13-14(9-12(11)2)16-10-17-15(13)18-6-4-3-5-7-18;1-6-3-8-9(4-7(6)2)12-5-13-10(8)11;1-2-4-6-5-3-1;1-4-7-8(3,6)5-2/h12-14H,5-11H2,1-4H3;9-11H,3-8H2,1-2H3,(H2,21,22,23);8-10H,3-7H2,1-2H3;3-5H,1-2H3;6H,1-5H2;5H,2,4H2,1,3H3. The van der Waals surface area contributed by atoms with Crippen molar-refractivity contribution in [2.45, 2.75) is 108 Å². The zero-order valence-electron chi connectivity index (χ0n) is 58.2. The van der Waals surface area contributed by atoms with Gasteiger partial charge in [-0.2, -0.15) is 0 Å². The van der Waals surface area contributed by atoms with Crippen LogP contribution < -0.4 is 20.0 Å². The van der Waals surface area contributed by atoms with Crippen molar-refractivity contribution in [2.75, 3.05) is 145 Å². The Hall–Kier alpha value is -5.92. The molecule has 0 radical (unpaired) electrons. The van der Waals surface area contributed by atoms with E-state index < -0.39 is 22.3 Å². The van der Waals surface area contributed by atoms with Crippen molar-refractivity contribution in [1.82, 2.24) is 55.0 Å². The molecule has 25 heteroatoms. The molecule has 0 bridgehead atoms. The van der Waals surface area contributed by atoms with Crippen LogP contribution in [0.25, 0.3) is 43.6 Å². The largest absolute Gasteiger partial charge is 0.356 e. The summed E-state index contributed by atoms with van der Waals surface area (Å²) in [6.45, 7) is 41.0. The number of hydrogen-bond donors (Lipinski definition) is 3. The maximum Gasteiger partial charge on any atom is 0.326 e. The lowest BCUT2D eigenvalue weighted by molar-refractivity contribution is 0.264. The molecule has 12 rings (SSSR count). The first-order valence-electron chi connectivity index (χ1n) is 33.3. The van der Waals surface area contributed by atoms with Gasteiger partial charge in [0, 0.05) is 120 Å². The quantitative estimate of drug-likeness (QED) is 0.0677. The molecule has 8 heterocycles. The minimum Gasteiger partial charge on any atom is -0.356 e. The molecular formula is C70H102ClN14O7P3. The minimum absolute atomic E-state index is 0.0814. The summed E-state index contributed by atoms with van der Waals surface area (Å²) < 4.78 is 44.3. The van der Waals surface area contributed by atoms with Crippen LogP contribution >= 0.6 is 33.9 Å². The summed E-state index contributed by atoms with van der Waals surface area (Å²) in [5.41, 5.74) is 13.9. The van der Waals surface area contributed by atoms with Gasteiger partial charge in [0.05, 0.1) is 41.4 Å². The predicted octanol–water partition coefficient (Wildman–Crippen LogP) is 13.8. The topological polar surface area (TPSA) is 241 Å². The van der Waals surface area contributed by atoms with Crippen LogP contribution in [0.2, 0.25) is 5.15 Å². The molecule has 2 unspecified atom stereocenters. The van der Waals surface area contributed by atoms with Gasteiger partial charge in [0.2, 0.25) is 14.7 Å². The van der Waals surface area contributed by atoms with Crippen LogP contribution in [0.5, 0.6) is 0 Å². The number of benzene rings is 4. The molecule has 2 atom stereocenters. The molecule has 4 aromatic carbocycles. The first kappa shape index (κ1) is 76.4. The van der Waals surface area contributed by atoms with E-state index in [-0.39, 0.29) is 6.16 Å². The summed E-state index contributed by atoms with van der Waals surface area (Å²) in [4.78, 5) is 64.3. The second kappa shape index (κ2) is 36.6. The highest BCUT2D eigenvalue weighted by Gasteiger charge is 2.25. The summed E-state index contributed by atoms with van der Waals surface area (Å²) in [6, 6.07) is 17.0. The first-order chi connectivity index (χ1) is 45.3. The highest BCUT2D eigenvalue weighted by atomic mass is 35.5. The molecule has 0 aliphatic carbocycles. The fraction of sp³-hybridized carbons (Fsp3) is 0.514. The Balaban J connectivity index is 0.000000170. The number of nitrogens with zero attached hydrogens (tertiary/aromatic N) is 13. The molecule has 3 N–H and O–H groups in total. The lowest BCUT2D eigenvalue weighted by Gasteiger charge is -2.36. The Morgan fingerprint density at radius 3 is 1.14 bits per heavy atom. The summed E-state index contributed by atoms with van der Waals surface area (Å²) >= 11 is 5.93. The van der Waals surface area contributed by atoms with Crippen LogP contribution in [0.1, 0.15) is 96.9 Å². The molecule has 8 aromatic rings. The van der Waals surface area contributed by atoms with Crippen molar-refractivity contribution < 1.29 is 32.5 Å². The van der Waals surface area contributed by atoms with Crippen LogP contribution in [0, 0.1) is 55.4 Å². The van der Waals surface area contributed by atoms with E-state index in [9.17, 15) is 13.7 Å². The Bertz CT molecular complexity index is 3960. The van der Waals surface area contributed by atoms with E-state index in [1.165, 1.54) is 114 Å². The zero-order valence-corrected chi connectivity index (χ0v) is 61.6. The van der Waals surface area contributed by atoms with E-state index in [2.05, 4.69) is 168 Å². The smallest absolute Gasteiger partial charge is 0.326 e. The average Bonchev–Trinajstić information content (AvgIpc) is 0.822. The number of anilines is 3. The van der Waals surface area contributed by atoms with Crippen molar-refractivity contribution >= 4 is 95.0 Å². The number of aryl methyl sites for hydroxylation is 8. The van der Waals surface area contributed by atoms with Crippen LogP contribution in [0.3, 0.4) is 0 Å². The Morgan fingerprint density at radius 2 is 0.800 bits per heavy atom. The zero-order chi connectivity index (χ0) is 68.9. The predicted molar refractivity (Wildman–Crippen MR) is 393 cm³/mol. The first-order valence-corrected chi connectivity index (χ1v) is 39.9. The Labute approximate surface area is 568 Å². The molecule has 0 saturated carbocycles. The highest BCUT2D eigenvalue weighted by molar-refractivity contribution is 7.61. The number of nitrogens with one attached hydrogen (secondary N) is 1. The minimum atomic E-state index is -3.92. The van der Waals surface area contributed by atoms with Gasteiger partial charge >= 0.3 is 7.60 Å². The average molecular weight is 1380 g/mol. The van der Waals surface area contributed by atoms with Crippen LogP contribution in [-0.2, 0) is 22.7 Å². The number of hydrogen-bond acceptors (Lipinski definition) is 19. The third-order valence-corrected chi connectivity index (χ3v) is 22.1. The van der Waals surface area contributed by atoms with Gasteiger partial charge in [0.25, 0.3) is 0 Å². The normalized spacial score (nSPS) is 16.7. The van der Waals surface area contributed by atoms with Gasteiger partial charge in [-0.25, -0.2) is 39.9 Å². The van der Waals surface area contributed by atoms with E-state index in [0.717, 1.165) is 128 Å². The van der Waals surface area contributed by atoms with Gasteiger partial charge in [0.15, 0.2) is 0 Å².